The minimum atomic E-state index is -0.991. The lowest BCUT2D eigenvalue weighted by Gasteiger charge is -2.00. The summed E-state index contributed by atoms with van der Waals surface area (Å²) in [7, 11) is 0. The van der Waals surface area contributed by atoms with Gasteiger partial charge in [-0.15, -0.1) is 0 Å². The number of benzene rings is 2. The van der Waals surface area contributed by atoms with Crippen molar-refractivity contribution in [2.45, 2.75) is 5.75 Å². The largest absolute Gasteiger partial charge is 0.478 e. The Hall–Kier alpha value is -2.93. The third-order valence-corrected chi connectivity index (χ3v) is 4.13. The fraction of sp³-hybridized carbons (Fsp3) is 0.0588. The maximum Gasteiger partial charge on any atom is 0.335 e. The number of carboxylic acids is 1. The number of para-hydroxylation sites is 2. The van der Waals surface area contributed by atoms with E-state index >= 15 is 0 Å². The minimum absolute atomic E-state index is 0.182. The smallest absolute Gasteiger partial charge is 0.335 e. The summed E-state index contributed by atoms with van der Waals surface area (Å²) in [5.74, 6) is 0.387. The number of H-pyrrole nitrogens is 1. The summed E-state index contributed by atoms with van der Waals surface area (Å²) in [6.07, 6.45) is 0. The van der Waals surface area contributed by atoms with Crippen LogP contribution in [0, 0.1) is 0 Å². The van der Waals surface area contributed by atoms with Gasteiger partial charge in [-0.2, -0.15) is 0 Å². The molecule has 0 fully saturated rings. The Kier molecular flexibility index (Phi) is 4.72. The van der Waals surface area contributed by atoms with E-state index in [1.54, 1.807) is 12.1 Å². The molecule has 24 heavy (non-hydrogen) atoms. The van der Waals surface area contributed by atoms with Crippen molar-refractivity contribution in [1.29, 1.82) is 0 Å². The molecule has 0 unspecified atom stereocenters. The van der Waals surface area contributed by atoms with Crippen LogP contribution < -0.4 is 0 Å². The van der Waals surface area contributed by atoms with E-state index in [2.05, 4.69) is 26.7 Å². The monoisotopic (exact) mass is 338 g/mol. The van der Waals surface area contributed by atoms with E-state index < -0.39 is 5.97 Å². The lowest BCUT2D eigenvalue weighted by Crippen LogP contribution is -1.95. The Labute approximate surface area is 142 Å². The fourth-order valence-electron chi connectivity index (χ4n) is 2.14. The first-order chi connectivity index (χ1) is 11.7. The molecule has 0 aliphatic rings. The van der Waals surface area contributed by atoms with Crippen molar-refractivity contribution < 1.29 is 9.90 Å². The van der Waals surface area contributed by atoms with E-state index in [4.69, 9.17) is 5.11 Å². The Bertz CT molecular complexity index is 900. The van der Waals surface area contributed by atoms with Gasteiger partial charge in [-0.3, -0.25) is 0 Å². The first kappa shape index (κ1) is 15.9. The van der Waals surface area contributed by atoms with E-state index in [0.29, 0.717) is 16.6 Å². The Balaban J connectivity index is 1.75. The van der Waals surface area contributed by atoms with Crippen molar-refractivity contribution in [3.63, 3.8) is 0 Å². The molecule has 0 aliphatic heterocycles. The maximum atomic E-state index is 11.0. The maximum absolute atomic E-state index is 11.0. The molecule has 7 heteroatoms. The number of aromatic nitrogens is 2. The normalized spacial score (nSPS) is 11.6. The van der Waals surface area contributed by atoms with Gasteiger partial charge in [0.1, 0.15) is 5.82 Å². The Morgan fingerprint density at radius 1 is 1.25 bits per heavy atom. The van der Waals surface area contributed by atoms with E-state index in [1.807, 2.05) is 24.3 Å². The Morgan fingerprint density at radius 3 is 2.83 bits per heavy atom. The van der Waals surface area contributed by atoms with Crippen LogP contribution in [0.3, 0.4) is 0 Å². The van der Waals surface area contributed by atoms with Gasteiger partial charge in [0.15, 0.2) is 5.17 Å². The number of hydrogen-bond acceptors (Lipinski definition) is 4. The minimum Gasteiger partial charge on any atom is -0.478 e. The number of aliphatic imine (C=N–C) groups is 2. The predicted molar refractivity (Wildman–Crippen MR) is 97.4 cm³/mol. The van der Waals surface area contributed by atoms with Gasteiger partial charge < -0.3 is 10.1 Å². The fourth-order valence-corrected chi connectivity index (χ4v) is 2.80. The molecule has 0 radical (unpaired) electrons. The quantitative estimate of drug-likeness (QED) is 0.558. The van der Waals surface area contributed by atoms with Crippen LogP contribution in [0.1, 0.15) is 16.2 Å². The second-order valence-electron chi connectivity index (χ2n) is 4.90. The SMILES string of the molecule is C=NC(=Nc1cccc(C(=O)O)c1)SCc1nc2ccccc2[nH]1. The average molecular weight is 338 g/mol. The number of aromatic carboxylic acids is 1. The number of amidine groups is 1. The summed E-state index contributed by atoms with van der Waals surface area (Å²) < 4.78 is 0. The van der Waals surface area contributed by atoms with Crippen LogP contribution in [0.4, 0.5) is 5.69 Å². The molecule has 6 nitrogen and oxygen atoms in total. The number of nitrogens with one attached hydrogen (secondary N) is 1. The molecular formula is C17H14N4O2S. The molecule has 2 N–H and O–H groups in total. The van der Waals surface area contributed by atoms with Gasteiger partial charge in [0.05, 0.1) is 28.0 Å². The number of aromatic amines is 1. The standard InChI is InChI=1S/C17H14N4O2S/c1-18-17(19-12-6-4-5-11(9-12)16(22)23)24-10-15-20-13-7-2-3-8-14(13)21-15/h2-9H,1,10H2,(H,20,21)(H,22,23). The first-order valence-electron chi connectivity index (χ1n) is 7.11. The van der Waals surface area contributed by atoms with Crippen molar-refractivity contribution in [3.8, 4) is 0 Å². The summed E-state index contributed by atoms with van der Waals surface area (Å²) in [5.41, 5.74) is 2.59. The van der Waals surface area contributed by atoms with Crippen molar-refractivity contribution in [3.05, 3.63) is 59.9 Å². The molecule has 3 rings (SSSR count). The molecule has 120 valence electrons. The lowest BCUT2D eigenvalue weighted by atomic mass is 10.2. The third-order valence-electron chi connectivity index (χ3n) is 3.23. The van der Waals surface area contributed by atoms with Crippen molar-refractivity contribution in [2.24, 2.45) is 9.98 Å². The molecule has 0 saturated carbocycles. The Morgan fingerprint density at radius 2 is 2.08 bits per heavy atom. The average Bonchev–Trinajstić information content (AvgIpc) is 3.01. The van der Waals surface area contributed by atoms with Gasteiger partial charge in [0.25, 0.3) is 0 Å². The van der Waals surface area contributed by atoms with Gasteiger partial charge in [-0.05, 0) is 37.0 Å². The molecule has 0 spiro atoms. The van der Waals surface area contributed by atoms with E-state index in [-0.39, 0.29) is 5.56 Å². The second kappa shape index (κ2) is 7.10. The van der Waals surface area contributed by atoms with Gasteiger partial charge >= 0.3 is 5.97 Å². The number of carboxylic acid groups (broad SMARTS) is 1. The molecule has 1 heterocycles. The zero-order valence-electron chi connectivity index (χ0n) is 12.6. The summed E-state index contributed by atoms with van der Waals surface area (Å²) in [5, 5.41) is 9.48. The highest BCUT2D eigenvalue weighted by Gasteiger charge is 2.06. The topological polar surface area (TPSA) is 90.7 Å². The highest BCUT2D eigenvalue weighted by molar-refractivity contribution is 8.13. The number of imidazole rings is 1. The summed E-state index contributed by atoms with van der Waals surface area (Å²) in [6, 6.07) is 14.2. The van der Waals surface area contributed by atoms with Crippen LogP contribution in [0.2, 0.25) is 0 Å². The van der Waals surface area contributed by atoms with Gasteiger partial charge in [-0.1, -0.05) is 30.0 Å². The number of hydrogen-bond donors (Lipinski definition) is 2. The van der Waals surface area contributed by atoms with Crippen molar-refractivity contribution in [2.75, 3.05) is 0 Å². The molecule has 0 bridgehead atoms. The van der Waals surface area contributed by atoms with Gasteiger partial charge in [0, 0.05) is 0 Å². The number of fused-ring (bicyclic) bond motifs is 1. The van der Waals surface area contributed by atoms with Crippen molar-refractivity contribution in [1.82, 2.24) is 9.97 Å². The highest BCUT2D eigenvalue weighted by atomic mass is 32.2. The van der Waals surface area contributed by atoms with E-state index in [9.17, 15) is 4.79 Å². The number of thioether (sulfide) groups is 1. The third kappa shape index (κ3) is 3.69. The lowest BCUT2D eigenvalue weighted by molar-refractivity contribution is 0.0697. The number of nitrogens with zero attached hydrogens (tertiary/aromatic N) is 3. The zero-order valence-corrected chi connectivity index (χ0v) is 13.5. The first-order valence-corrected chi connectivity index (χ1v) is 8.09. The summed E-state index contributed by atoms with van der Waals surface area (Å²) >= 11 is 1.38. The molecule has 0 saturated heterocycles. The molecule has 0 amide bonds. The number of rotatable bonds is 4. The highest BCUT2D eigenvalue weighted by Crippen LogP contribution is 2.21. The van der Waals surface area contributed by atoms with Crippen LogP contribution in [-0.4, -0.2) is 32.9 Å². The molecule has 2 aromatic carbocycles. The van der Waals surface area contributed by atoms with Crippen LogP contribution in [-0.2, 0) is 5.75 Å². The summed E-state index contributed by atoms with van der Waals surface area (Å²) in [6.45, 7) is 3.52. The molecule has 3 aromatic rings. The number of carbonyl (C=O) groups is 1. The van der Waals surface area contributed by atoms with Crippen LogP contribution in [0.5, 0.6) is 0 Å². The predicted octanol–water partition coefficient (Wildman–Crippen LogP) is 3.88. The molecule has 0 aliphatic carbocycles. The zero-order chi connectivity index (χ0) is 16.9. The van der Waals surface area contributed by atoms with Gasteiger partial charge in [0.2, 0.25) is 0 Å². The van der Waals surface area contributed by atoms with Crippen LogP contribution in [0.15, 0.2) is 58.5 Å². The van der Waals surface area contributed by atoms with Crippen LogP contribution in [0.25, 0.3) is 11.0 Å². The second-order valence-corrected chi connectivity index (χ2v) is 5.84. The van der Waals surface area contributed by atoms with Crippen LogP contribution >= 0.6 is 11.8 Å². The molecule has 1 aromatic heterocycles. The van der Waals surface area contributed by atoms with Gasteiger partial charge in [-0.25, -0.2) is 19.8 Å². The molecule has 0 atom stereocenters. The summed E-state index contributed by atoms with van der Waals surface area (Å²) in [4.78, 5) is 27.0. The van der Waals surface area contributed by atoms with Crippen molar-refractivity contribution >= 4 is 46.3 Å². The van der Waals surface area contributed by atoms with E-state index in [1.165, 1.54) is 23.9 Å². The van der Waals surface area contributed by atoms with E-state index in [0.717, 1.165) is 16.9 Å². The molecular weight excluding hydrogens is 324 g/mol.